The molecule has 0 aliphatic carbocycles. The number of ether oxygens (including phenoxy) is 1. The summed E-state index contributed by atoms with van der Waals surface area (Å²) >= 11 is 0. The van der Waals surface area contributed by atoms with E-state index in [2.05, 4.69) is 5.10 Å². The van der Waals surface area contributed by atoms with E-state index in [-0.39, 0.29) is 5.91 Å². The number of hydrogen-bond acceptors (Lipinski definition) is 3. The first-order valence-corrected chi connectivity index (χ1v) is 9.37. The molecule has 5 heteroatoms. The third kappa shape index (κ3) is 4.37. The Hall–Kier alpha value is -3.08. The number of aromatic nitrogens is 2. The van der Waals surface area contributed by atoms with Gasteiger partial charge in [-0.3, -0.25) is 9.48 Å². The summed E-state index contributed by atoms with van der Waals surface area (Å²) in [5, 5.41) is 4.27. The number of hydrogen-bond donors (Lipinski definition) is 0. The zero-order chi connectivity index (χ0) is 18.5. The van der Waals surface area contributed by atoms with Crippen LogP contribution in [0.2, 0.25) is 0 Å². The van der Waals surface area contributed by atoms with Crippen LogP contribution in [0.25, 0.3) is 0 Å². The molecule has 27 heavy (non-hydrogen) atoms. The van der Waals surface area contributed by atoms with Gasteiger partial charge in [0.1, 0.15) is 11.5 Å². The van der Waals surface area contributed by atoms with E-state index in [9.17, 15) is 4.79 Å². The lowest BCUT2D eigenvalue weighted by Crippen LogP contribution is -2.39. The van der Waals surface area contributed by atoms with Crippen molar-refractivity contribution in [2.75, 3.05) is 13.1 Å². The van der Waals surface area contributed by atoms with Gasteiger partial charge in [-0.2, -0.15) is 5.10 Å². The lowest BCUT2D eigenvalue weighted by Gasteiger charge is -2.32. The second-order valence-corrected chi connectivity index (χ2v) is 6.90. The lowest BCUT2D eigenvalue weighted by molar-refractivity contribution is 0.0681. The van der Waals surface area contributed by atoms with Gasteiger partial charge in [0.15, 0.2) is 0 Å². The molecule has 5 nitrogen and oxygen atoms in total. The summed E-state index contributed by atoms with van der Waals surface area (Å²) in [7, 11) is 0. The number of benzene rings is 2. The number of carbonyl (C=O) groups is 1. The van der Waals surface area contributed by atoms with Crippen molar-refractivity contribution in [2.24, 2.45) is 5.92 Å². The third-order valence-electron chi connectivity index (χ3n) is 4.99. The van der Waals surface area contributed by atoms with Gasteiger partial charge in [0, 0.05) is 37.6 Å². The summed E-state index contributed by atoms with van der Waals surface area (Å²) in [4.78, 5) is 14.7. The Balaban J connectivity index is 1.32. The fourth-order valence-corrected chi connectivity index (χ4v) is 3.46. The molecule has 1 aliphatic rings. The van der Waals surface area contributed by atoms with Gasteiger partial charge < -0.3 is 9.64 Å². The summed E-state index contributed by atoms with van der Waals surface area (Å²) in [6.07, 6.45) is 5.84. The summed E-state index contributed by atoms with van der Waals surface area (Å²) in [6.45, 7) is 2.53. The number of piperidine rings is 1. The predicted molar refractivity (Wildman–Crippen MR) is 104 cm³/mol. The minimum atomic E-state index is 0.0961. The van der Waals surface area contributed by atoms with Gasteiger partial charge in [0.05, 0.1) is 0 Å². The molecule has 4 rings (SSSR count). The molecule has 0 saturated carbocycles. The van der Waals surface area contributed by atoms with Crippen LogP contribution < -0.4 is 4.74 Å². The van der Waals surface area contributed by atoms with E-state index in [1.54, 1.807) is 0 Å². The second kappa shape index (κ2) is 8.08. The largest absolute Gasteiger partial charge is 0.457 e. The van der Waals surface area contributed by atoms with Crippen molar-refractivity contribution in [3.8, 4) is 11.5 Å². The standard InChI is InChI=1S/C22H23N3O2/c26-22(24-15-11-18(12-16-24)17-25-14-4-13-23-25)19-7-9-21(10-8-19)27-20-5-2-1-3-6-20/h1-10,13-14,18H,11-12,15-17H2. The highest BCUT2D eigenvalue weighted by molar-refractivity contribution is 5.94. The van der Waals surface area contributed by atoms with Crippen LogP contribution in [-0.2, 0) is 6.54 Å². The minimum absolute atomic E-state index is 0.0961. The van der Waals surface area contributed by atoms with Crippen molar-refractivity contribution >= 4 is 5.91 Å². The quantitative estimate of drug-likeness (QED) is 0.683. The molecule has 0 N–H and O–H groups in total. The highest BCUT2D eigenvalue weighted by atomic mass is 16.5. The Morgan fingerprint density at radius 1 is 0.963 bits per heavy atom. The molecule has 0 radical (unpaired) electrons. The van der Waals surface area contributed by atoms with E-state index in [0.717, 1.165) is 44.0 Å². The number of rotatable bonds is 5. The molecule has 1 saturated heterocycles. The molecule has 3 aromatic rings. The topological polar surface area (TPSA) is 47.4 Å². The zero-order valence-electron chi connectivity index (χ0n) is 15.2. The Labute approximate surface area is 159 Å². The average Bonchev–Trinajstić information content (AvgIpc) is 3.22. The van der Waals surface area contributed by atoms with Crippen LogP contribution in [0.4, 0.5) is 0 Å². The normalized spacial score (nSPS) is 14.9. The van der Waals surface area contributed by atoms with Crippen LogP contribution in [0.15, 0.2) is 73.1 Å². The number of para-hydroxylation sites is 1. The minimum Gasteiger partial charge on any atom is -0.457 e. The Morgan fingerprint density at radius 2 is 1.67 bits per heavy atom. The maximum Gasteiger partial charge on any atom is 0.253 e. The van der Waals surface area contributed by atoms with E-state index in [1.165, 1.54) is 0 Å². The van der Waals surface area contributed by atoms with Crippen LogP contribution in [0.5, 0.6) is 11.5 Å². The van der Waals surface area contributed by atoms with Gasteiger partial charge >= 0.3 is 0 Å². The molecule has 0 atom stereocenters. The van der Waals surface area contributed by atoms with E-state index in [1.807, 2.05) is 82.6 Å². The average molecular weight is 361 g/mol. The first-order valence-electron chi connectivity index (χ1n) is 9.37. The first-order chi connectivity index (χ1) is 13.3. The Morgan fingerprint density at radius 3 is 2.33 bits per heavy atom. The van der Waals surface area contributed by atoms with Crippen molar-refractivity contribution in [1.29, 1.82) is 0 Å². The molecule has 1 fully saturated rings. The van der Waals surface area contributed by atoms with E-state index in [0.29, 0.717) is 11.5 Å². The van der Waals surface area contributed by atoms with Gasteiger partial charge in [-0.05, 0) is 61.2 Å². The summed E-state index contributed by atoms with van der Waals surface area (Å²) < 4.78 is 7.77. The van der Waals surface area contributed by atoms with Crippen molar-refractivity contribution in [3.63, 3.8) is 0 Å². The van der Waals surface area contributed by atoms with Crippen molar-refractivity contribution in [1.82, 2.24) is 14.7 Å². The summed E-state index contributed by atoms with van der Waals surface area (Å²) in [5.74, 6) is 2.20. The first kappa shape index (κ1) is 17.3. The maximum atomic E-state index is 12.8. The van der Waals surface area contributed by atoms with Crippen LogP contribution in [-0.4, -0.2) is 33.7 Å². The molecule has 1 amide bonds. The molecular weight excluding hydrogens is 338 g/mol. The maximum absolute atomic E-state index is 12.8. The highest BCUT2D eigenvalue weighted by Gasteiger charge is 2.24. The molecule has 138 valence electrons. The van der Waals surface area contributed by atoms with Crippen LogP contribution in [0.3, 0.4) is 0 Å². The fraction of sp³-hybridized carbons (Fsp3) is 0.273. The Bertz CT molecular complexity index is 852. The number of amides is 1. The molecule has 0 unspecified atom stereocenters. The van der Waals surface area contributed by atoms with E-state index < -0.39 is 0 Å². The number of likely N-dealkylation sites (tertiary alicyclic amines) is 1. The zero-order valence-corrected chi connectivity index (χ0v) is 15.2. The van der Waals surface area contributed by atoms with Crippen LogP contribution >= 0.6 is 0 Å². The van der Waals surface area contributed by atoms with Gasteiger partial charge in [0.2, 0.25) is 0 Å². The number of carbonyl (C=O) groups excluding carboxylic acids is 1. The predicted octanol–water partition coefficient (Wildman–Crippen LogP) is 4.23. The highest BCUT2D eigenvalue weighted by Crippen LogP contribution is 2.23. The smallest absolute Gasteiger partial charge is 0.253 e. The van der Waals surface area contributed by atoms with E-state index >= 15 is 0 Å². The van der Waals surface area contributed by atoms with Gasteiger partial charge in [-0.15, -0.1) is 0 Å². The molecule has 0 bridgehead atoms. The SMILES string of the molecule is O=C(c1ccc(Oc2ccccc2)cc1)N1CCC(Cn2cccn2)CC1. The number of nitrogens with zero attached hydrogens (tertiary/aromatic N) is 3. The monoisotopic (exact) mass is 361 g/mol. The van der Waals surface area contributed by atoms with Gasteiger partial charge in [-0.25, -0.2) is 0 Å². The molecule has 1 aliphatic heterocycles. The lowest BCUT2D eigenvalue weighted by atomic mass is 9.96. The molecule has 2 heterocycles. The van der Waals surface area contributed by atoms with Crippen LogP contribution in [0.1, 0.15) is 23.2 Å². The second-order valence-electron chi connectivity index (χ2n) is 6.90. The Kier molecular flexibility index (Phi) is 5.19. The fourth-order valence-electron chi connectivity index (χ4n) is 3.46. The van der Waals surface area contributed by atoms with Crippen LogP contribution in [0, 0.1) is 5.92 Å². The van der Waals surface area contributed by atoms with Crippen molar-refractivity contribution in [2.45, 2.75) is 19.4 Å². The molecule has 0 spiro atoms. The van der Waals surface area contributed by atoms with Gasteiger partial charge in [0.25, 0.3) is 5.91 Å². The molecular formula is C22H23N3O2. The summed E-state index contributed by atoms with van der Waals surface area (Å²) in [6, 6.07) is 19.0. The summed E-state index contributed by atoms with van der Waals surface area (Å²) in [5.41, 5.74) is 0.709. The third-order valence-corrected chi connectivity index (χ3v) is 4.99. The molecule has 1 aromatic heterocycles. The van der Waals surface area contributed by atoms with Crippen molar-refractivity contribution in [3.05, 3.63) is 78.6 Å². The molecule has 2 aromatic carbocycles. The van der Waals surface area contributed by atoms with E-state index in [4.69, 9.17) is 4.74 Å². The van der Waals surface area contributed by atoms with Crippen molar-refractivity contribution < 1.29 is 9.53 Å². The van der Waals surface area contributed by atoms with Gasteiger partial charge in [-0.1, -0.05) is 18.2 Å².